The number of hydrogen-bond donors (Lipinski definition) is 2. The molecular formula is C12H15N3O3. The molecule has 0 aliphatic rings. The van der Waals surface area contributed by atoms with Crippen LogP contribution in [-0.4, -0.2) is 22.4 Å². The quantitative estimate of drug-likeness (QED) is 0.833. The molecule has 18 heavy (non-hydrogen) atoms. The maximum absolute atomic E-state index is 9.62. The van der Waals surface area contributed by atoms with Crippen LogP contribution in [0.25, 0.3) is 0 Å². The second kappa shape index (κ2) is 5.50. The van der Waals surface area contributed by atoms with E-state index in [1.165, 1.54) is 7.11 Å². The van der Waals surface area contributed by atoms with E-state index < -0.39 is 0 Å². The fraction of sp³-hybridized carbons (Fsp3) is 0.333. The van der Waals surface area contributed by atoms with Crippen molar-refractivity contribution in [3.63, 3.8) is 0 Å². The van der Waals surface area contributed by atoms with Crippen LogP contribution in [0.15, 0.2) is 22.7 Å². The van der Waals surface area contributed by atoms with Gasteiger partial charge in [-0.15, -0.1) is 0 Å². The highest BCUT2D eigenvalue weighted by Crippen LogP contribution is 2.25. The van der Waals surface area contributed by atoms with E-state index in [0.29, 0.717) is 30.6 Å². The number of benzene rings is 1. The summed E-state index contributed by atoms with van der Waals surface area (Å²) in [5.74, 6) is 1.76. The van der Waals surface area contributed by atoms with Gasteiger partial charge >= 0.3 is 0 Å². The third-order valence-electron chi connectivity index (χ3n) is 2.43. The number of nitrogens with zero attached hydrogens (tertiary/aromatic N) is 2. The first-order chi connectivity index (χ1) is 8.69. The number of rotatable bonds is 5. The number of phenolic OH excluding ortho intramolecular Hbond substituents is 1. The minimum absolute atomic E-state index is 0.132. The molecule has 0 aliphatic carbocycles. The van der Waals surface area contributed by atoms with Crippen LogP contribution in [-0.2, 0) is 13.1 Å². The molecule has 2 N–H and O–H groups in total. The molecule has 0 bridgehead atoms. The summed E-state index contributed by atoms with van der Waals surface area (Å²) in [6.45, 7) is 2.87. The van der Waals surface area contributed by atoms with Gasteiger partial charge in [-0.1, -0.05) is 11.2 Å². The van der Waals surface area contributed by atoms with Crippen LogP contribution in [0.5, 0.6) is 11.5 Å². The van der Waals surface area contributed by atoms with Crippen molar-refractivity contribution in [2.45, 2.75) is 20.0 Å². The minimum Gasteiger partial charge on any atom is -0.504 e. The maximum Gasteiger partial charge on any atom is 0.223 e. The Hall–Kier alpha value is -2.08. The lowest BCUT2D eigenvalue weighted by Gasteiger charge is -2.06. The summed E-state index contributed by atoms with van der Waals surface area (Å²) in [5, 5.41) is 16.6. The van der Waals surface area contributed by atoms with Gasteiger partial charge in [-0.25, -0.2) is 0 Å². The highest BCUT2D eigenvalue weighted by atomic mass is 16.5. The van der Waals surface area contributed by atoms with Crippen molar-refractivity contribution in [2.24, 2.45) is 0 Å². The molecule has 0 fully saturated rings. The zero-order valence-corrected chi connectivity index (χ0v) is 10.3. The molecule has 6 nitrogen and oxygen atoms in total. The van der Waals surface area contributed by atoms with Gasteiger partial charge in [0, 0.05) is 13.5 Å². The summed E-state index contributed by atoms with van der Waals surface area (Å²) in [7, 11) is 1.52. The Morgan fingerprint density at radius 2 is 2.22 bits per heavy atom. The third-order valence-corrected chi connectivity index (χ3v) is 2.43. The molecule has 96 valence electrons. The number of methoxy groups -OCH3 is 1. The van der Waals surface area contributed by atoms with Gasteiger partial charge in [0.25, 0.3) is 0 Å². The van der Waals surface area contributed by atoms with Crippen molar-refractivity contribution in [3.8, 4) is 11.5 Å². The Morgan fingerprint density at radius 3 is 2.83 bits per heavy atom. The lowest BCUT2D eigenvalue weighted by Crippen LogP contribution is -2.13. The summed E-state index contributed by atoms with van der Waals surface area (Å²) in [6.07, 6.45) is 0. The Balaban J connectivity index is 1.88. The Kier molecular flexibility index (Phi) is 3.78. The molecule has 0 saturated heterocycles. The predicted octanol–water partition coefficient (Wildman–Crippen LogP) is 1.38. The van der Waals surface area contributed by atoms with Crippen molar-refractivity contribution < 1.29 is 14.4 Å². The van der Waals surface area contributed by atoms with Crippen molar-refractivity contribution >= 4 is 0 Å². The molecule has 0 unspecified atom stereocenters. The molecule has 6 heteroatoms. The van der Waals surface area contributed by atoms with Gasteiger partial charge in [0.1, 0.15) is 0 Å². The first-order valence-electron chi connectivity index (χ1n) is 5.55. The number of phenols is 1. The van der Waals surface area contributed by atoms with Crippen molar-refractivity contribution in [1.29, 1.82) is 0 Å². The molecule has 1 aromatic heterocycles. The molecule has 1 heterocycles. The second-order valence-electron chi connectivity index (χ2n) is 3.84. The fourth-order valence-electron chi connectivity index (χ4n) is 1.58. The highest BCUT2D eigenvalue weighted by molar-refractivity contribution is 5.41. The molecule has 0 aliphatic heterocycles. The predicted molar refractivity (Wildman–Crippen MR) is 64.2 cm³/mol. The second-order valence-corrected chi connectivity index (χ2v) is 3.84. The molecule has 0 radical (unpaired) electrons. The zero-order valence-electron chi connectivity index (χ0n) is 10.3. The lowest BCUT2D eigenvalue weighted by molar-refractivity contribution is 0.373. The van der Waals surface area contributed by atoms with E-state index in [1.807, 2.05) is 6.07 Å². The first-order valence-corrected chi connectivity index (χ1v) is 5.55. The van der Waals surface area contributed by atoms with E-state index in [-0.39, 0.29) is 5.75 Å². The third kappa shape index (κ3) is 2.98. The summed E-state index contributed by atoms with van der Waals surface area (Å²) >= 11 is 0. The summed E-state index contributed by atoms with van der Waals surface area (Å²) in [4.78, 5) is 4.08. The number of aromatic hydroxyl groups is 1. The van der Waals surface area contributed by atoms with E-state index in [0.717, 1.165) is 5.56 Å². The monoisotopic (exact) mass is 249 g/mol. The average molecular weight is 249 g/mol. The standard InChI is InChI=1S/C12H15N3O3/c1-8-14-12(15-18-8)7-13-6-9-3-4-11(17-2)10(16)5-9/h3-5,13,16H,6-7H2,1-2H3. The molecule has 0 saturated carbocycles. The van der Waals surface area contributed by atoms with Crippen LogP contribution < -0.4 is 10.1 Å². The van der Waals surface area contributed by atoms with Gasteiger partial charge in [0.2, 0.25) is 5.89 Å². The Bertz CT molecular complexity index is 525. The number of nitrogens with one attached hydrogen (secondary N) is 1. The van der Waals surface area contributed by atoms with E-state index in [4.69, 9.17) is 9.26 Å². The van der Waals surface area contributed by atoms with Gasteiger partial charge < -0.3 is 19.7 Å². The number of aromatic nitrogens is 2. The van der Waals surface area contributed by atoms with Crippen molar-refractivity contribution in [1.82, 2.24) is 15.5 Å². The van der Waals surface area contributed by atoms with Crippen molar-refractivity contribution in [2.75, 3.05) is 7.11 Å². The Morgan fingerprint density at radius 1 is 1.39 bits per heavy atom. The topological polar surface area (TPSA) is 80.4 Å². The normalized spacial score (nSPS) is 10.6. The highest BCUT2D eigenvalue weighted by Gasteiger charge is 2.04. The smallest absolute Gasteiger partial charge is 0.223 e. The van der Waals surface area contributed by atoms with E-state index in [2.05, 4.69) is 15.5 Å². The van der Waals surface area contributed by atoms with Crippen LogP contribution in [0, 0.1) is 6.92 Å². The van der Waals surface area contributed by atoms with Gasteiger partial charge in [0.05, 0.1) is 13.7 Å². The average Bonchev–Trinajstić information content (AvgIpc) is 2.75. The van der Waals surface area contributed by atoms with Crippen LogP contribution >= 0.6 is 0 Å². The molecule has 1 aromatic carbocycles. The SMILES string of the molecule is COc1ccc(CNCc2noc(C)n2)cc1O. The van der Waals surface area contributed by atoms with Gasteiger partial charge in [-0.3, -0.25) is 0 Å². The molecule has 0 atom stereocenters. The maximum atomic E-state index is 9.62. The minimum atomic E-state index is 0.132. The van der Waals surface area contributed by atoms with Gasteiger partial charge in [-0.2, -0.15) is 4.98 Å². The summed E-state index contributed by atoms with van der Waals surface area (Å²) < 4.78 is 9.83. The lowest BCUT2D eigenvalue weighted by atomic mass is 10.2. The van der Waals surface area contributed by atoms with Gasteiger partial charge in [-0.05, 0) is 17.7 Å². The molecule has 0 amide bonds. The molecular weight excluding hydrogens is 234 g/mol. The summed E-state index contributed by atoms with van der Waals surface area (Å²) in [5.41, 5.74) is 0.952. The van der Waals surface area contributed by atoms with E-state index in [9.17, 15) is 5.11 Å². The molecule has 2 rings (SSSR count). The molecule has 0 spiro atoms. The number of hydrogen-bond acceptors (Lipinski definition) is 6. The van der Waals surface area contributed by atoms with E-state index >= 15 is 0 Å². The number of ether oxygens (including phenoxy) is 1. The first kappa shape index (κ1) is 12.4. The van der Waals surface area contributed by atoms with Crippen LogP contribution in [0.3, 0.4) is 0 Å². The van der Waals surface area contributed by atoms with Crippen LogP contribution in [0.4, 0.5) is 0 Å². The van der Waals surface area contributed by atoms with Crippen molar-refractivity contribution in [3.05, 3.63) is 35.5 Å². The summed E-state index contributed by atoms with van der Waals surface area (Å²) in [6, 6.07) is 5.27. The number of aryl methyl sites for hydroxylation is 1. The molecule has 2 aromatic rings. The Labute approximate surface area is 105 Å². The van der Waals surface area contributed by atoms with Crippen LogP contribution in [0.2, 0.25) is 0 Å². The van der Waals surface area contributed by atoms with Crippen LogP contribution in [0.1, 0.15) is 17.3 Å². The zero-order chi connectivity index (χ0) is 13.0. The fourth-order valence-corrected chi connectivity index (χ4v) is 1.58. The largest absolute Gasteiger partial charge is 0.504 e. The van der Waals surface area contributed by atoms with Gasteiger partial charge in [0.15, 0.2) is 17.3 Å². The van der Waals surface area contributed by atoms with E-state index in [1.54, 1.807) is 19.1 Å².